The Hall–Kier alpha value is -3.43. The maximum atomic E-state index is 12.5. The lowest BCUT2D eigenvalue weighted by atomic mass is 9.93. The smallest absolute Gasteiger partial charge is 0.327 e. The van der Waals surface area contributed by atoms with Crippen LogP contribution in [0.15, 0.2) is 30.3 Å². The molecule has 0 aliphatic carbocycles. The van der Waals surface area contributed by atoms with Crippen LogP contribution in [0.2, 0.25) is 0 Å². The van der Waals surface area contributed by atoms with Crippen molar-refractivity contribution in [2.75, 3.05) is 6.54 Å². The number of amides is 5. The molecule has 0 aromatic heterocycles. The van der Waals surface area contributed by atoms with Crippen LogP contribution in [0.25, 0.3) is 0 Å². The largest absolute Gasteiger partial charge is 0.451 e. The molecule has 0 unspecified atom stereocenters. The average molecular weight is 404 g/mol. The van der Waals surface area contributed by atoms with Gasteiger partial charge in [-0.3, -0.25) is 34.9 Å². The number of hydrogen-bond donors (Lipinski definition) is 3. The van der Waals surface area contributed by atoms with Crippen LogP contribution in [0, 0.1) is 0 Å². The summed E-state index contributed by atoms with van der Waals surface area (Å²) in [4.78, 5) is 61.3. The Labute approximate surface area is 167 Å². The number of hydrazine groups is 1. The highest BCUT2D eigenvalue weighted by atomic mass is 16.5. The van der Waals surface area contributed by atoms with Crippen LogP contribution in [0.1, 0.15) is 44.0 Å². The predicted octanol–water partition coefficient (Wildman–Crippen LogP) is 0.490. The minimum absolute atomic E-state index is 0.339. The van der Waals surface area contributed by atoms with Gasteiger partial charge in [0, 0.05) is 5.56 Å². The second kappa shape index (κ2) is 9.18. The Kier molecular flexibility index (Phi) is 6.92. The second-order valence-corrected chi connectivity index (χ2v) is 6.55. The molecule has 29 heavy (non-hydrogen) atoms. The fourth-order valence-corrected chi connectivity index (χ4v) is 2.85. The lowest BCUT2D eigenvalue weighted by Crippen LogP contribution is -2.48. The number of urea groups is 1. The van der Waals surface area contributed by atoms with E-state index in [-0.39, 0.29) is 0 Å². The molecule has 156 valence electrons. The zero-order valence-corrected chi connectivity index (χ0v) is 16.5. The van der Waals surface area contributed by atoms with Crippen LogP contribution >= 0.6 is 0 Å². The standard InChI is InChI=1S/C19H24N4O6/c1-4-19(5-2)17(27)23(18(28)20-19)11-14(24)29-12(3)15(25)21-22-16(26)13-9-7-6-8-10-13/h6-10,12H,4-5,11H2,1-3H3,(H,20,28)(H,21,25)(H,22,26)/t12-/m0/s1. The van der Waals surface area contributed by atoms with Crippen molar-refractivity contribution in [3.8, 4) is 0 Å². The summed E-state index contributed by atoms with van der Waals surface area (Å²) in [6.45, 7) is 4.22. The molecule has 1 aromatic carbocycles. The van der Waals surface area contributed by atoms with E-state index >= 15 is 0 Å². The molecule has 10 heteroatoms. The summed E-state index contributed by atoms with van der Waals surface area (Å²) < 4.78 is 4.97. The zero-order valence-electron chi connectivity index (χ0n) is 16.5. The summed E-state index contributed by atoms with van der Waals surface area (Å²) in [6.07, 6.45) is -0.472. The first-order valence-electron chi connectivity index (χ1n) is 9.23. The van der Waals surface area contributed by atoms with Crippen LogP contribution < -0.4 is 16.2 Å². The highest BCUT2D eigenvalue weighted by molar-refractivity contribution is 6.08. The van der Waals surface area contributed by atoms with Gasteiger partial charge in [-0.1, -0.05) is 32.0 Å². The fraction of sp³-hybridized carbons (Fsp3) is 0.421. The Morgan fingerprint density at radius 2 is 1.72 bits per heavy atom. The third-order valence-electron chi connectivity index (χ3n) is 4.75. The summed E-state index contributed by atoms with van der Waals surface area (Å²) in [5.74, 6) is -2.73. The molecule has 1 atom stereocenters. The highest BCUT2D eigenvalue weighted by Crippen LogP contribution is 2.24. The van der Waals surface area contributed by atoms with Crippen molar-refractivity contribution in [2.24, 2.45) is 0 Å². The van der Waals surface area contributed by atoms with Gasteiger partial charge in [0.25, 0.3) is 17.7 Å². The van der Waals surface area contributed by atoms with E-state index in [9.17, 15) is 24.0 Å². The molecule has 10 nitrogen and oxygen atoms in total. The van der Waals surface area contributed by atoms with Crippen molar-refractivity contribution in [1.82, 2.24) is 21.1 Å². The maximum Gasteiger partial charge on any atom is 0.327 e. The van der Waals surface area contributed by atoms with Gasteiger partial charge in [-0.05, 0) is 31.9 Å². The Balaban J connectivity index is 1.85. The van der Waals surface area contributed by atoms with Gasteiger partial charge in [0.1, 0.15) is 12.1 Å². The topological polar surface area (TPSA) is 134 Å². The lowest BCUT2D eigenvalue weighted by Gasteiger charge is -2.23. The summed E-state index contributed by atoms with van der Waals surface area (Å²) in [7, 11) is 0. The molecular weight excluding hydrogens is 380 g/mol. The number of esters is 1. The minimum atomic E-state index is -1.25. The zero-order chi connectivity index (χ0) is 21.6. The molecule has 1 fully saturated rings. The number of nitrogens with zero attached hydrogens (tertiary/aromatic N) is 1. The Morgan fingerprint density at radius 3 is 2.28 bits per heavy atom. The van der Waals surface area contributed by atoms with E-state index < -0.39 is 47.9 Å². The van der Waals surface area contributed by atoms with Gasteiger partial charge < -0.3 is 10.1 Å². The van der Waals surface area contributed by atoms with Crippen LogP contribution in [-0.4, -0.2) is 52.8 Å². The van der Waals surface area contributed by atoms with Gasteiger partial charge in [0.2, 0.25) is 0 Å². The fourth-order valence-electron chi connectivity index (χ4n) is 2.85. The molecule has 0 saturated carbocycles. The van der Waals surface area contributed by atoms with E-state index in [1.165, 1.54) is 6.92 Å². The number of carbonyl (C=O) groups excluding carboxylic acids is 5. The lowest BCUT2D eigenvalue weighted by molar-refractivity contribution is -0.156. The first kappa shape index (κ1) is 21.9. The third kappa shape index (κ3) is 4.89. The molecule has 1 aliphatic rings. The average Bonchev–Trinajstić information content (AvgIpc) is 2.96. The van der Waals surface area contributed by atoms with Crippen molar-refractivity contribution in [3.05, 3.63) is 35.9 Å². The van der Waals surface area contributed by atoms with E-state index in [1.54, 1.807) is 44.2 Å². The SMILES string of the molecule is CCC1(CC)NC(=O)N(CC(=O)O[C@@H](C)C(=O)NNC(=O)c2ccccc2)C1=O. The molecule has 1 aliphatic heterocycles. The first-order chi connectivity index (χ1) is 13.7. The number of imide groups is 1. The van der Waals surface area contributed by atoms with Gasteiger partial charge in [-0.15, -0.1) is 0 Å². The van der Waals surface area contributed by atoms with Gasteiger partial charge in [0.15, 0.2) is 6.10 Å². The minimum Gasteiger partial charge on any atom is -0.451 e. The van der Waals surface area contributed by atoms with Gasteiger partial charge in [0.05, 0.1) is 0 Å². The number of ether oxygens (including phenoxy) is 1. The number of rotatable bonds is 7. The van der Waals surface area contributed by atoms with Crippen LogP contribution in [0.4, 0.5) is 4.79 Å². The van der Waals surface area contributed by atoms with E-state index in [2.05, 4.69) is 16.2 Å². The molecule has 1 heterocycles. The monoisotopic (exact) mass is 404 g/mol. The third-order valence-corrected chi connectivity index (χ3v) is 4.75. The Bertz CT molecular complexity index is 806. The first-order valence-corrected chi connectivity index (χ1v) is 9.23. The summed E-state index contributed by atoms with van der Waals surface area (Å²) in [6, 6.07) is 7.53. The highest BCUT2D eigenvalue weighted by Gasteiger charge is 2.49. The van der Waals surface area contributed by atoms with Gasteiger partial charge >= 0.3 is 12.0 Å². The number of nitrogens with one attached hydrogen (secondary N) is 3. The number of hydrogen-bond acceptors (Lipinski definition) is 6. The van der Waals surface area contributed by atoms with Crippen molar-refractivity contribution >= 4 is 29.7 Å². The molecule has 0 spiro atoms. The Morgan fingerprint density at radius 1 is 1.10 bits per heavy atom. The van der Waals surface area contributed by atoms with Crippen molar-refractivity contribution < 1.29 is 28.7 Å². The molecule has 1 aromatic rings. The van der Waals surface area contributed by atoms with E-state index in [4.69, 9.17) is 4.74 Å². The molecule has 3 N–H and O–H groups in total. The summed E-state index contributed by atoms with van der Waals surface area (Å²) in [5, 5.41) is 2.60. The molecule has 5 amide bonds. The van der Waals surface area contributed by atoms with Gasteiger partial charge in [-0.2, -0.15) is 0 Å². The predicted molar refractivity (Wildman–Crippen MR) is 101 cm³/mol. The molecular formula is C19H24N4O6. The quantitative estimate of drug-likeness (QED) is 0.344. The number of benzene rings is 1. The molecule has 0 radical (unpaired) electrons. The molecule has 0 bridgehead atoms. The van der Waals surface area contributed by atoms with Crippen LogP contribution in [-0.2, 0) is 19.1 Å². The van der Waals surface area contributed by atoms with Gasteiger partial charge in [-0.25, -0.2) is 4.79 Å². The summed E-state index contributed by atoms with van der Waals surface area (Å²) >= 11 is 0. The van der Waals surface area contributed by atoms with Crippen molar-refractivity contribution in [1.29, 1.82) is 0 Å². The van der Waals surface area contributed by atoms with E-state index in [0.29, 0.717) is 18.4 Å². The number of carbonyl (C=O) groups is 5. The van der Waals surface area contributed by atoms with E-state index in [1.807, 2.05) is 0 Å². The van der Waals surface area contributed by atoms with Crippen LogP contribution in [0.3, 0.4) is 0 Å². The summed E-state index contributed by atoms with van der Waals surface area (Å²) in [5.41, 5.74) is 3.67. The second-order valence-electron chi connectivity index (χ2n) is 6.55. The molecule has 2 rings (SSSR count). The normalized spacial score (nSPS) is 16.0. The maximum absolute atomic E-state index is 12.5. The van der Waals surface area contributed by atoms with Crippen molar-refractivity contribution in [3.63, 3.8) is 0 Å². The molecule has 1 saturated heterocycles. The van der Waals surface area contributed by atoms with E-state index in [0.717, 1.165) is 4.90 Å². The van der Waals surface area contributed by atoms with Crippen molar-refractivity contribution in [2.45, 2.75) is 45.3 Å². The van der Waals surface area contributed by atoms with Crippen LogP contribution in [0.5, 0.6) is 0 Å².